The van der Waals surface area contributed by atoms with Gasteiger partial charge in [-0.05, 0) is 55.0 Å². The number of rotatable bonds is 16. The molecule has 1 atom stereocenters. The van der Waals surface area contributed by atoms with Crippen LogP contribution in [0, 0.1) is 11.3 Å². The number of imide groups is 2. The minimum atomic E-state index is -1.05. The highest BCUT2D eigenvalue weighted by molar-refractivity contribution is 6.30. The number of carbonyl (C=O) groups is 5. The second-order valence-electron chi connectivity index (χ2n) is 14.6. The Balaban J connectivity index is 0.812. The first kappa shape index (κ1) is 41.7. The molecule has 3 aromatic carbocycles. The van der Waals surface area contributed by atoms with Crippen LogP contribution < -0.4 is 35.3 Å². The van der Waals surface area contributed by atoms with Gasteiger partial charge in [0, 0.05) is 75.3 Å². The molecule has 5 amide bonds. The highest BCUT2D eigenvalue weighted by Crippen LogP contribution is 2.34. The molecule has 60 heavy (non-hydrogen) atoms. The summed E-state index contributed by atoms with van der Waals surface area (Å²) in [5, 5.41) is 16.3. The number of piperidine rings is 2. The SMILES string of the molecule is Cn1c(=O)c(C#N)c(N2CCC(Oc3cccc(Cl)c3)CC2)c2ccc(OCCCOCCC(=O)NCCOc3ccc4c(c3)C(=O)N([C@H]3CCC(=O)NC3=O)C4=O)cc21. The lowest BCUT2D eigenvalue weighted by Crippen LogP contribution is -2.54. The van der Waals surface area contributed by atoms with Crippen LogP contribution in [0.5, 0.6) is 17.2 Å². The fourth-order valence-electron chi connectivity index (χ4n) is 7.56. The Morgan fingerprint density at radius 3 is 2.40 bits per heavy atom. The zero-order valence-corrected chi connectivity index (χ0v) is 33.6. The van der Waals surface area contributed by atoms with Gasteiger partial charge in [-0.1, -0.05) is 17.7 Å². The van der Waals surface area contributed by atoms with Gasteiger partial charge in [0.25, 0.3) is 17.4 Å². The maximum atomic E-state index is 13.3. The minimum Gasteiger partial charge on any atom is -0.493 e. The molecule has 312 valence electrons. The van der Waals surface area contributed by atoms with Crippen molar-refractivity contribution in [1.82, 2.24) is 20.1 Å². The van der Waals surface area contributed by atoms with Crippen molar-refractivity contribution >= 4 is 57.7 Å². The van der Waals surface area contributed by atoms with Crippen LogP contribution >= 0.6 is 11.6 Å². The second kappa shape index (κ2) is 18.6. The van der Waals surface area contributed by atoms with Crippen LogP contribution in [0.25, 0.3) is 10.9 Å². The van der Waals surface area contributed by atoms with E-state index in [0.29, 0.717) is 79.0 Å². The van der Waals surface area contributed by atoms with E-state index in [1.165, 1.54) is 22.8 Å². The number of hydrogen-bond donors (Lipinski definition) is 2. The molecule has 0 aliphatic carbocycles. The molecule has 2 saturated heterocycles. The average Bonchev–Trinajstić information content (AvgIpc) is 3.48. The Morgan fingerprint density at radius 1 is 0.883 bits per heavy atom. The van der Waals surface area contributed by atoms with E-state index >= 15 is 0 Å². The Kier molecular flexibility index (Phi) is 13.0. The number of nitrogens with one attached hydrogen (secondary N) is 2. The number of fused-ring (bicyclic) bond motifs is 2. The van der Waals surface area contributed by atoms with Gasteiger partial charge >= 0.3 is 0 Å². The highest BCUT2D eigenvalue weighted by atomic mass is 35.5. The first-order valence-electron chi connectivity index (χ1n) is 19.7. The fraction of sp³-hybridized carbons (Fsp3) is 0.372. The number of nitriles is 1. The summed E-state index contributed by atoms with van der Waals surface area (Å²) in [7, 11) is 1.64. The lowest BCUT2D eigenvalue weighted by atomic mass is 10.0. The summed E-state index contributed by atoms with van der Waals surface area (Å²) >= 11 is 6.12. The summed E-state index contributed by atoms with van der Waals surface area (Å²) < 4.78 is 24.9. The number of anilines is 1. The zero-order valence-electron chi connectivity index (χ0n) is 32.9. The molecule has 3 aliphatic heterocycles. The van der Waals surface area contributed by atoms with E-state index in [1.807, 2.05) is 24.3 Å². The van der Waals surface area contributed by atoms with Crippen LogP contribution in [-0.4, -0.2) is 97.2 Å². The number of amides is 5. The van der Waals surface area contributed by atoms with Crippen molar-refractivity contribution in [2.45, 2.75) is 50.7 Å². The molecule has 4 heterocycles. The Morgan fingerprint density at radius 2 is 1.63 bits per heavy atom. The summed E-state index contributed by atoms with van der Waals surface area (Å²) in [5.74, 6) is -1.00. The van der Waals surface area contributed by atoms with Crippen molar-refractivity contribution in [3.63, 3.8) is 0 Å². The predicted molar refractivity (Wildman–Crippen MR) is 218 cm³/mol. The molecule has 0 bridgehead atoms. The van der Waals surface area contributed by atoms with Crippen LogP contribution in [0.1, 0.15) is 64.8 Å². The normalized spacial score (nSPS) is 16.7. The Hall–Kier alpha value is -6.44. The standard InChI is InChI=1S/C43H43ClN6O10/c1-48-36-24-29(7-9-32(36)39(34(25-45)41(48)54)49-16-12-27(13-17-49)60-30-5-2-4-26(44)22-30)58-19-3-18-57-20-14-37(51)46-15-21-59-28-6-8-31-33(23-28)43(56)50(42(31)55)35-10-11-38(52)47-40(35)53/h2,4-9,22-24,27,35H,3,10-21H2,1H3,(H,46,51)(H,47,52,53)/t35-/m0/s1. The minimum absolute atomic E-state index is 0.0189. The summed E-state index contributed by atoms with van der Waals surface area (Å²) in [4.78, 5) is 78.3. The molecular weight excluding hydrogens is 796 g/mol. The van der Waals surface area contributed by atoms with Gasteiger partial charge in [-0.3, -0.25) is 39.0 Å². The van der Waals surface area contributed by atoms with Crippen LogP contribution in [0.4, 0.5) is 5.69 Å². The smallest absolute Gasteiger partial charge is 0.270 e. The van der Waals surface area contributed by atoms with Gasteiger partial charge in [0.15, 0.2) is 0 Å². The number of hydrogen-bond acceptors (Lipinski definition) is 12. The fourth-order valence-corrected chi connectivity index (χ4v) is 7.74. The van der Waals surface area contributed by atoms with Crippen molar-refractivity contribution in [2.24, 2.45) is 7.05 Å². The number of nitrogens with zero attached hydrogens (tertiary/aromatic N) is 4. The number of carbonyl (C=O) groups excluding carboxylic acids is 5. The van der Waals surface area contributed by atoms with Gasteiger partial charge in [0.1, 0.15) is 47.6 Å². The quantitative estimate of drug-likeness (QED) is 0.122. The molecule has 2 N–H and O–H groups in total. The molecule has 0 radical (unpaired) electrons. The van der Waals surface area contributed by atoms with Crippen molar-refractivity contribution in [1.29, 1.82) is 5.26 Å². The number of benzene rings is 3. The molecule has 17 heteroatoms. The Labute approximate surface area is 349 Å². The maximum absolute atomic E-state index is 13.3. The van der Waals surface area contributed by atoms with E-state index in [1.54, 1.807) is 25.2 Å². The van der Waals surface area contributed by atoms with Crippen LogP contribution in [0.2, 0.25) is 5.02 Å². The highest BCUT2D eigenvalue weighted by Gasteiger charge is 2.44. The summed E-state index contributed by atoms with van der Waals surface area (Å²) in [6.07, 6.45) is 2.18. The zero-order chi connectivity index (χ0) is 42.3. The molecule has 4 aromatic rings. The van der Waals surface area contributed by atoms with Crippen molar-refractivity contribution in [3.8, 4) is 23.3 Å². The van der Waals surface area contributed by atoms with Crippen molar-refractivity contribution in [2.75, 3.05) is 51.0 Å². The summed E-state index contributed by atoms with van der Waals surface area (Å²) in [6.45, 7) is 2.40. The van der Waals surface area contributed by atoms with Gasteiger partial charge in [-0.25, -0.2) is 0 Å². The molecule has 16 nitrogen and oxygen atoms in total. The van der Waals surface area contributed by atoms with Gasteiger partial charge < -0.3 is 33.7 Å². The van der Waals surface area contributed by atoms with Gasteiger partial charge in [0.2, 0.25) is 17.7 Å². The van der Waals surface area contributed by atoms with E-state index in [4.69, 9.17) is 30.5 Å². The van der Waals surface area contributed by atoms with Gasteiger partial charge in [0.05, 0.1) is 42.1 Å². The van der Waals surface area contributed by atoms with Crippen LogP contribution in [-0.2, 0) is 26.2 Å². The van der Waals surface area contributed by atoms with E-state index in [9.17, 15) is 34.0 Å². The van der Waals surface area contributed by atoms with E-state index in [-0.39, 0.29) is 73.3 Å². The lowest BCUT2D eigenvalue weighted by Gasteiger charge is -2.35. The number of aryl methyl sites for hydroxylation is 1. The lowest BCUT2D eigenvalue weighted by molar-refractivity contribution is -0.136. The molecule has 7 rings (SSSR count). The van der Waals surface area contributed by atoms with Crippen molar-refractivity contribution in [3.05, 3.63) is 92.7 Å². The average molecular weight is 839 g/mol. The van der Waals surface area contributed by atoms with E-state index in [2.05, 4.69) is 21.6 Å². The van der Waals surface area contributed by atoms with E-state index < -0.39 is 29.7 Å². The summed E-state index contributed by atoms with van der Waals surface area (Å²) in [6, 6.07) is 18.3. The van der Waals surface area contributed by atoms with Crippen LogP contribution in [0.3, 0.4) is 0 Å². The molecule has 2 fully saturated rings. The number of aromatic nitrogens is 1. The molecule has 0 saturated carbocycles. The first-order valence-corrected chi connectivity index (χ1v) is 20.1. The third-order valence-corrected chi connectivity index (χ3v) is 10.8. The third-order valence-electron chi connectivity index (χ3n) is 10.6. The number of ether oxygens (including phenoxy) is 4. The monoisotopic (exact) mass is 838 g/mol. The molecule has 0 unspecified atom stereocenters. The van der Waals surface area contributed by atoms with Crippen LogP contribution in [0.15, 0.2) is 65.5 Å². The predicted octanol–water partition coefficient (Wildman–Crippen LogP) is 3.88. The third kappa shape index (κ3) is 9.22. The number of pyridine rings is 1. The second-order valence-corrected chi connectivity index (χ2v) is 15.0. The maximum Gasteiger partial charge on any atom is 0.270 e. The first-order chi connectivity index (χ1) is 29.0. The molecule has 0 spiro atoms. The molecule has 1 aromatic heterocycles. The number of halogens is 1. The van der Waals surface area contributed by atoms with Crippen molar-refractivity contribution < 1.29 is 42.9 Å². The Bertz CT molecular complexity index is 2440. The summed E-state index contributed by atoms with van der Waals surface area (Å²) in [5.41, 5.74) is 1.24. The van der Waals surface area contributed by atoms with E-state index in [0.717, 1.165) is 10.3 Å². The molecular formula is C43H43ClN6O10. The van der Waals surface area contributed by atoms with Gasteiger partial charge in [-0.2, -0.15) is 5.26 Å². The largest absolute Gasteiger partial charge is 0.493 e. The topological polar surface area (TPSA) is 199 Å². The van der Waals surface area contributed by atoms with Gasteiger partial charge in [-0.15, -0.1) is 0 Å². The molecule has 3 aliphatic rings.